The van der Waals surface area contributed by atoms with Crippen molar-refractivity contribution >= 4 is 44.7 Å². The molecule has 0 aliphatic carbocycles. The summed E-state index contributed by atoms with van der Waals surface area (Å²) in [5.74, 6) is -0.770. The average Bonchev–Trinajstić information content (AvgIpc) is 3.39. The number of sulfonamides is 1. The van der Waals surface area contributed by atoms with Gasteiger partial charge in [0.25, 0.3) is 0 Å². The van der Waals surface area contributed by atoms with E-state index in [2.05, 4.69) is 25.3 Å². The summed E-state index contributed by atoms with van der Waals surface area (Å²) < 4.78 is 35.0. The molecule has 0 aliphatic heterocycles. The summed E-state index contributed by atoms with van der Waals surface area (Å²) in [5, 5.41) is 14.8. The summed E-state index contributed by atoms with van der Waals surface area (Å²) in [6, 6.07) is 25.9. The average molecular weight is 586 g/mol. The molecule has 0 saturated carbocycles. The van der Waals surface area contributed by atoms with Crippen LogP contribution < -0.4 is 20.1 Å². The van der Waals surface area contributed by atoms with E-state index in [9.17, 15) is 23.1 Å². The second-order valence-corrected chi connectivity index (χ2v) is 11.0. The minimum atomic E-state index is -4.23. The number of rotatable bonds is 10. The van der Waals surface area contributed by atoms with Crippen molar-refractivity contribution in [1.82, 2.24) is 14.7 Å². The second-order valence-electron chi connectivity index (χ2n) is 9.31. The van der Waals surface area contributed by atoms with Crippen LogP contribution in [0, 0.1) is 0 Å². The Morgan fingerprint density at radius 1 is 0.905 bits per heavy atom. The number of carboxylic acids is 1. The lowest BCUT2D eigenvalue weighted by Gasteiger charge is -2.19. The van der Waals surface area contributed by atoms with Gasteiger partial charge in [-0.1, -0.05) is 60.7 Å². The van der Waals surface area contributed by atoms with Crippen LogP contribution in [0.4, 0.5) is 16.4 Å². The summed E-state index contributed by atoms with van der Waals surface area (Å²) in [7, 11) is -2.88. The van der Waals surface area contributed by atoms with Crippen LogP contribution in [-0.4, -0.2) is 42.6 Å². The predicted octanol–water partition coefficient (Wildman–Crippen LogP) is 5.38. The number of methoxy groups -OCH3 is 1. The Labute approximate surface area is 241 Å². The topological polar surface area (TPSA) is 163 Å². The summed E-state index contributed by atoms with van der Waals surface area (Å²) in [6.45, 7) is 0. The normalized spacial score (nSPS) is 12.0. The number of imidazole rings is 1. The molecular weight excluding hydrogens is 558 g/mol. The van der Waals surface area contributed by atoms with Gasteiger partial charge < -0.3 is 20.1 Å². The molecule has 0 saturated heterocycles. The molecule has 1 heterocycles. The van der Waals surface area contributed by atoms with Gasteiger partial charge >= 0.3 is 12.0 Å². The molecule has 1 aromatic heterocycles. The number of amides is 2. The van der Waals surface area contributed by atoms with Crippen LogP contribution in [0.2, 0.25) is 0 Å². The number of aromatic nitrogens is 2. The van der Waals surface area contributed by atoms with Gasteiger partial charge in [0, 0.05) is 5.69 Å². The van der Waals surface area contributed by atoms with Crippen LogP contribution in [0.25, 0.3) is 22.2 Å². The van der Waals surface area contributed by atoms with Gasteiger partial charge in [-0.15, -0.1) is 0 Å². The van der Waals surface area contributed by atoms with E-state index in [-0.39, 0.29) is 10.6 Å². The van der Waals surface area contributed by atoms with E-state index in [1.54, 1.807) is 60.7 Å². The van der Waals surface area contributed by atoms with E-state index in [4.69, 9.17) is 4.74 Å². The van der Waals surface area contributed by atoms with Crippen molar-refractivity contribution in [3.05, 3.63) is 103 Å². The van der Waals surface area contributed by atoms with Crippen molar-refractivity contribution in [3.8, 4) is 16.9 Å². The zero-order valence-electron chi connectivity index (χ0n) is 22.4. The highest BCUT2D eigenvalue weighted by Gasteiger charge is 2.27. The Morgan fingerprint density at radius 2 is 1.64 bits per heavy atom. The van der Waals surface area contributed by atoms with Crippen LogP contribution in [0.15, 0.2) is 102 Å². The molecule has 12 heteroatoms. The molecule has 1 unspecified atom stereocenters. The number of urea groups is 1. The number of H-pyrrole nitrogens is 1. The first kappa shape index (κ1) is 28.3. The second kappa shape index (κ2) is 12.1. The number of anilines is 2. The van der Waals surface area contributed by atoms with E-state index < -0.39 is 34.5 Å². The number of carboxylic acid groups (broad SMARTS) is 1. The maximum Gasteiger partial charge on any atom is 0.326 e. The smallest absolute Gasteiger partial charge is 0.326 e. The van der Waals surface area contributed by atoms with Gasteiger partial charge in [0.2, 0.25) is 16.0 Å². The van der Waals surface area contributed by atoms with Crippen molar-refractivity contribution in [2.45, 2.75) is 17.4 Å². The van der Waals surface area contributed by atoms with Crippen LogP contribution >= 0.6 is 0 Å². The summed E-state index contributed by atoms with van der Waals surface area (Å²) in [5.41, 5.74) is 3.64. The molecule has 11 nitrogen and oxygen atoms in total. The first-order valence-electron chi connectivity index (χ1n) is 12.8. The largest absolute Gasteiger partial charge is 0.495 e. The number of para-hydroxylation sites is 2. The Bertz CT molecular complexity index is 1820. The lowest BCUT2D eigenvalue weighted by molar-refractivity contribution is -0.137. The van der Waals surface area contributed by atoms with Crippen molar-refractivity contribution in [3.63, 3.8) is 0 Å². The van der Waals surface area contributed by atoms with Crippen LogP contribution in [0.1, 0.15) is 18.0 Å². The Morgan fingerprint density at radius 3 is 2.38 bits per heavy atom. The summed E-state index contributed by atoms with van der Waals surface area (Å²) in [4.78, 5) is 31.4. The van der Waals surface area contributed by atoms with Crippen molar-refractivity contribution in [2.24, 2.45) is 0 Å². The number of fused-ring (bicyclic) bond motifs is 1. The Hall–Kier alpha value is -5.20. The van der Waals surface area contributed by atoms with Gasteiger partial charge in [0.1, 0.15) is 10.6 Å². The molecular formula is C30H27N5O6S. The highest BCUT2D eigenvalue weighted by molar-refractivity contribution is 7.89. The number of nitrogens with one attached hydrogen (secondary N) is 4. The highest BCUT2D eigenvalue weighted by atomic mass is 32.2. The maximum absolute atomic E-state index is 13.6. The third kappa shape index (κ3) is 6.57. The number of ether oxygens (including phenoxy) is 1. The molecule has 5 N–H and O–H groups in total. The number of carbonyl (C=O) groups excluding carboxylic acids is 1. The highest BCUT2D eigenvalue weighted by Crippen LogP contribution is 2.32. The molecule has 5 aromatic rings. The Balaban J connectivity index is 1.38. The number of carbonyl (C=O) groups is 2. The van der Waals surface area contributed by atoms with Gasteiger partial charge in [-0.2, -0.15) is 0 Å². The van der Waals surface area contributed by atoms with Gasteiger partial charge in [-0.05, 0) is 53.1 Å². The fourth-order valence-corrected chi connectivity index (χ4v) is 5.88. The molecule has 4 aromatic carbocycles. The number of aliphatic carboxylic acids is 1. The monoisotopic (exact) mass is 585 g/mol. The zero-order valence-corrected chi connectivity index (χ0v) is 23.2. The van der Waals surface area contributed by atoms with E-state index in [0.717, 1.165) is 5.52 Å². The molecule has 0 bridgehead atoms. The number of hydrogen-bond acceptors (Lipinski definition) is 6. The lowest BCUT2D eigenvalue weighted by Crippen LogP contribution is -2.30. The van der Waals surface area contributed by atoms with Crippen LogP contribution in [0.3, 0.4) is 0 Å². The molecule has 0 spiro atoms. The van der Waals surface area contributed by atoms with Crippen molar-refractivity contribution < 1.29 is 27.9 Å². The molecule has 0 fully saturated rings. The van der Waals surface area contributed by atoms with Crippen molar-refractivity contribution in [1.29, 1.82) is 0 Å². The standard InChI is InChI=1S/C30H27N5O6S/c1-41-26-15-14-21(17-27(26)42(39,40)35-25(18-28(36)37)19-8-3-2-4-9-19)20-10-7-11-22(16-20)31-30(38)34-29-32-23-12-5-6-13-24(23)33-29/h2-17,25,35H,18H2,1H3,(H,36,37)(H3,31,32,33,34,38). The number of benzene rings is 4. The van der Waals surface area contributed by atoms with Gasteiger partial charge in [0.05, 0.1) is 30.6 Å². The van der Waals surface area contributed by atoms with E-state index in [1.165, 1.54) is 19.2 Å². The fourth-order valence-electron chi connectivity index (χ4n) is 4.46. The third-order valence-corrected chi connectivity index (χ3v) is 7.90. The predicted molar refractivity (Wildman–Crippen MR) is 159 cm³/mol. The lowest BCUT2D eigenvalue weighted by atomic mass is 10.0. The number of aromatic amines is 1. The third-order valence-electron chi connectivity index (χ3n) is 6.41. The summed E-state index contributed by atoms with van der Waals surface area (Å²) in [6.07, 6.45) is -0.449. The zero-order chi connectivity index (χ0) is 29.7. The molecule has 2 amide bonds. The quantitative estimate of drug-likeness (QED) is 0.147. The Kier molecular flexibility index (Phi) is 8.18. The molecule has 42 heavy (non-hydrogen) atoms. The summed E-state index contributed by atoms with van der Waals surface area (Å²) >= 11 is 0. The first-order valence-corrected chi connectivity index (χ1v) is 14.3. The minimum Gasteiger partial charge on any atom is -0.495 e. The first-order chi connectivity index (χ1) is 20.2. The number of nitrogens with zero attached hydrogens (tertiary/aromatic N) is 1. The maximum atomic E-state index is 13.6. The fraction of sp³-hybridized carbons (Fsp3) is 0.100. The van der Waals surface area contributed by atoms with Crippen LogP contribution in [0.5, 0.6) is 5.75 Å². The van der Waals surface area contributed by atoms with E-state index in [0.29, 0.717) is 33.8 Å². The van der Waals surface area contributed by atoms with Gasteiger partial charge in [0.15, 0.2) is 0 Å². The van der Waals surface area contributed by atoms with E-state index in [1.807, 2.05) is 24.3 Å². The molecule has 1 atom stereocenters. The van der Waals surface area contributed by atoms with E-state index >= 15 is 0 Å². The minimum absolute atomic E-state index is 0.0906. The molecule has 214 valence electrons. The molecule has 0 radical (unpaired) electrons. The molecule has 0 aliphatic rings. The molecule has 5 rings (SSSR count). The van der Waals surface area contributed by atoms with Gasteiger partial charge in [-0.25, -0.2) is 22.9 Å². The van der Waals surface area contributed by atoms with Gasteiger partial charge in [-0.3, -0.25) is 10.1 Å². The number of hydrogen-bond donors (Lipinski definition) is 5. The van der Waals surface area contributed by atoms with Crippen molar-refractivity contribution in [2.75, 3.05) is 17.7 Å². The van der Waals surface area contributed by atoms with Crippen LogP contribution in [-0.2, 0) is 14.8 Å². The SMILES string of the molecule is COc1ccc(-c2cccc(NC(=O)Nc3nc4ccccc4[nH]3)c2)cc1S(=O)(=O)NC(CC(=O)O)c1ccccc1.